The van der Waals surface area contributed by atoms with E-state index in [1.54, 1.807) is 43.0 Å². The fourth-order valence-corrected chi connectivity index (χ4v) is 2.02. The lowest BCUT2D eigenvalue weighted by molar-refractivity contribution is 0.100. The largest absolute Gasteiger partial charge is 0.497 e. The van der Waals surface area contributed by atoms with Gasteiger partial charge in [-0.3, -0.25) is 10.2 Å². The summed E-state index contributed by atoms with van der Waals surface area (Å²) in [5, 5.41) is 8.50. The number of amides is 1. The average Bonchev–Trinajstić information content (AvgIpc) is 2.79. The van der Waals surface area contributed by atoms with Crippen molar-refractivity contribution in [2.45, 2.75) is 12.1 Å². The molecule has 7 heteroatoms. The molecule has 0 unspecified atom stereocenters. The zero-order valence-electron chi connectivity index (χ0n) is 10.9. The molecular formula is C12H14N4O2S. The lowest BCUT2D eigenvalue weighted by atomic mass is 10.2. The van der Waals surface area contributed by atoms with E-state index in [1.807, 2.05) is 6.26 Å². The minimum Gasteiger partial charge on any atom is -0.497 e. The van der Waals surface area contributed by atoms with Gasteiger partial charge >= 0.3 is 0 Å². The van der Waals surface area contributed by atoms with Crippen molar-refractivity contribution < 1.29 is 9.53 Å². The Balaban J connectivity index is 2.22. The Morgan fingerprint density at radius 1 is 1.42 bits per heavy atom. The second-order valence-electron chi connectivity index (χ2n) is 3.74. The van der Waals surface area contributed by atoms with E-state index in [1.165, 1.54) is 11.8 Å². The Morgan fingerprint density at radius 3 is 2.89 bits per heavy atom. The third kappa shape index (κ3) is 2.87. The lowest BCUT2D eigenvalue weighted by Gasteiger charge is -2.09. The van der Waals surface area contributed by atoms with Gasteiger partial charge in [0.05, 0.1) is 7.11 Å². The van der Waals surface area contributed by atoms with Crippen molar-refractivity contribution in [2.24, 2.45) is 0 Å². The second-order valence-corrected chi connectivity index (χ2v) is 4.52. The first kappa shape index (κ1) is 13.4. The molecule has 2 aromatic rings. The number of methoxy groups -OCH3 is 1. The number of carbonyl (C=O) groups is 1. The van der Waals surface area contributed by atoms with Gasteiger partial charge in [0.15, 0.2) is 0 Å². The zero-order valence-corrected chi connectivity index (χ0v) is 11.7. The molecule has 1 heterocycles. The topological polar surface area (TPSA) is 69.0 Å². The molecule has 1 N–H and O–H groups in total. The fraction of sp³-hybridized carbons (Fsp3) is 0.250. The number of aromatic nitrogens is 3. The first-order chi connectivity index (χ1) is 9.15. The normalized spacial score (nSPS) is 10.3. The van der Waals surface area contributed by atoms with Crippen LogP contribution in [0.4, 0.5) is 0 Å². The summed E-state index contributed by atoms with van der Waals surface area (Å²) in [7, 11) is 1.56. The van der Waals surface area contributed by atoms with Gasteiger partial charge in [0.1, 0.15) is 11.6 Å². The number of rotatable bonds is 4. The summed E-state index contributed by atoms with van der Waals surface area (Å²) in [6.07, 6.45) is 1.87. The van der Waals surface area contributed by atoms with E-state index < -0.39 is 0 Å². The van der Waals surface area contributed by atoms with Gasteiger partial charge in [-0.25, -0.2) is 4.68 Å². The molecule has 0 spiro atoms. The first-order valence-corrected chi connectivity index (χ1v) is 6.79. The number of carbonyl (C=O) groups excluding carboxylic acids is 1. The van der Waals surface area contributed by atoms with Crippen molar-refractivity contribution in [3.05, 3.63) is 35.7 Å². The Kier molecular flexibility index (Phi) is 4.06. The van der Waals surface area contributed by atoms with Crippen LogP contribution < -0.4 is 10.2 Å². The highest BCUT2D eigenvalue weighted by atomic mass is 32.2. The van der Waals surface area contributed by atoms with E-state index >= 15 is 0 Å². The third-order valence-corrected chi connectivity index (χ3v) is 3.15. The standard InChI is InChI=1S/C12H14N4O2S/c1-8-13-14-12(19-3)16(8)15-11(17)9-5-4-6-10(7-9)18-2/h4-7H,1-3H3,(H,15,17). The molecule has 0 radical (unpaired) electrons. The quantitative estimate of drug-likeness (QED) is 0.862. The summed E-state index contributed by atoms with van der Waals surface area (Å²) in [6.45, 7) is 1.78. The molecule has 0 saturated carbocycles. The molecule has 1 amide bonds. The molecule has 0 bridgehead atoms. The van der Waals surface area contributed by atoms with Crippen LogP contribution in [0.3, 0.4) is 0 Å². The van der Waals surface area contributed by atoms with Crippen LogP contribution in [0, 0.1) is 6.92 Å². The maximum absolute atomic E-state index is 12.1. The number of ether oxygens (including phenoxy) is 1. The van der Waals surface area contributed by atoms with Crippen molar-refractivity contribution >= 4 is 17.7 Å². The number of nitrogens with zero attached hydrogens (tertiary/aromatic N) is 3. The molecule has 19 heavy (non-hydrogen) atoms. The molecular weight excluding hydrogens is 264 g/mol. The summed E-state index contributed by atoms with van der Waals surface area (Å²) < 4.78 is 6.66. The number of hydrogen-bond donors (Lipinski definition) is 1. The number of aryl methyl sites for hydroxylation is 1. The van der Waals surface area contributed by atoms with Crippen LogP contribution >= 0.6 is 11.8 Å². The van der Waals surface area contributed by atoms with Crippen LogP contribution in [0.5, 0.6) is 5.75 Å². The number of nitrogens with one attached hydrogen (secondary N) is 1. The van der Waals surface area contributed by atoms with E-state index in [-0.39, 0.29) is 5.91 Å². The minimum atomic E-state index is -0.239. The smallest absolute Gasteiger partial charge is 0.270 e. The SMILES string of the molecule is COc1cccc(C(=O)Nn2c(C)nnc2SC)c1. The summed E-state index contributed by atoms with van der Waals surface area (Å²) in [5.41, 5.74) is 3.27. The highest BCUT2D eigenvalue weighted by Gasteiger charge is 2.12. The molecule has 0 atom stereocenters. The molecule has 2 rings (SSSR count). The van der Waals surface area contributed by atoms with Gasteiger partial charge in [-0.1, -0.05) is 17.8 Å². The molecule has 0 saturated heterocycles. The summed E-state index contributed by atoms with van der Waals surface area (Å²) in [6, 6.07) is 6.94. The van der Waals surface area contributed by atoms with Crippen LogP contribution in [0.2, 0.25) is 0 Å². The summed E-state index contributed by atoms with van der Waals surface area (Å²) in [5.74, 6) is 1.02. The van der Waals surface area contributed by atoms with Crippen molar-refractivity contribution in [3.8, 4) is 5.75 Å². The third-order valence-electron chi connectivity index (χ3n) is 2.52. The van der Waals surface area contributed by atoms with Crippen molar-refractivity contribution in [3.63, 3.8) is 0 Å². The van der Waals surface area contributed by atoms with E-state index in [0.717, 1.165) is 0 Å². The van der Waals surface area contributed by atoms with Gasteiger partial charge in [-0.15, -0.1) is 10.2 Å². The Morgan fingerprint density at radius 2 is 2.21 bits per heavy atom. The molecule has 1 aromatic heterocycles. The van der Waals surface area contributed by atoms with Gasteiger partial charge in [0.25, 0.3) is 5.91 Å². The molecule has 6 nitrogen and oxygen atoms in total. The predicted molar refractivity (Wildman–Crippen MR) is 73.2 cm³/mol. The van der Waals surface area contributed by atoms with Crippen LogP contribution in [-0.4, -0.2) is 34.1 Å². The van der Waals surface area contributed by atoms with Crippen molar-refractivity contribution in [1.82, 2.24) is 14.9 Å². The molecule has 0 aliphatic rings. The molecule has 0 aliphatic carbocycles. The molecule has 0 fully saturated rings. The Bertz CT molecular complexity index is 597. The van der Waals surface area contributed by atoms with Crippen molar-refractivity contribution in [1.29, 1.82) is 0 Å². The van der Waals surface area contributed by atoms with Crippen molar-refractivity contribution in [2.75, 3.05) is 18.8 Å². The fourth-order valence-electron chi connectivity index (χ4n) is 1.53. The van der Waals surface area contributed by atoms with E-state index in [0.29, 0.717) is 22.3 Å². The molecule has 100 valence electrons. The van der Waals surface area contributed by atoms with Crippen LogP contribution in [0.25, 0.3) is 0 Å². The Hall–Kier alpha value is -2.02. The number of hydrogen-bond acceptors (Lipinski definition) is 5. The maximum Gasteiger partial charge on any atom is 0.270 e. The van der Waals surface area contributed by atoms with Gasteiger partial charge in [0, 0.05) is 5.56 Å². The Labute approximate surface area is 115 Å². The van der Waals surface area contributed by atoms with Crippen LogP contribution in [0.15, 0.2) is 29.4 Å². The highest BCUT2D eigenvalue weighted by Crippen LogP contribution is 2.14. The van der Waals surface area contributed by atoms with E-state index in [9.17, 15) is 4.79 Å². The van der Waals surface area contributed by atoms with Gasteiger partial charge in [0.2, 0.25) is 5.16 Å². The van der Waals surface area contributed by atoms with Gasteiger partial charge in [-0.2, -0.15) is 0 Å². The van der Waals surface area contributed by atoms with Gasteiger partial charge < -0.3 is 4.74 Å². The summed E-state index contributed by atoms with van der Waals surface area (Å²) >= 11 is 1.41. The predicted octanol–water partition coefficient (Wildman–Crippen LogP) is 1.70. The number of benzene rings is 1. The monoisotopic (exact) mass is 278 g/mol. The highest BCUT2D eigenvalue weighted by molar-refractivity contribution is 7.98. The summed E-state index contributed by atoms with van der Waals surface area (Å²) in [4.78, 5) is 12.1. The van der Waals surface area contributed by atoms with E-state index in [4.69, 9.17) is 4.74 Å². The first-order valence-electron chi connectivity index (χ1n) is 5.57. The maximum atomic E-state index is 12.1. The number of thioether (sulfide) groups is 1. The lowest BCUT2D eigenvalue weighted by Crippen LogP contribution is -2.24. The van der Waals surface area contributed by atoms with E-state index in [2.05, 4.69) is 15.6 Å². The molecule has 1 aromatic carbocycles. The zero-order chi connectivity index (χ0) is 13.8. The average molecular weight is 278 g/mol. The van der Waals surface area contributed by atoms with Crippen LogP contribution in [0.1, 0.15) is 16.2 Å². The van der Waals surface area contributed by atoms with Gasteiger partial charge in [-0.05, 0) is 31.4 Å². The van der Waals surface area contributed by atoms with Crippen LogP contribution in [-0.2, 0) is 0 Å². The minimum absolute atomic E-state index is 0.239. The molecule has 0 aliphatic heterocycles. The second kappa shape index (κ2) is 5.75.